The first kappa shape index (κ1) is 14.5. The van der Waals surface area contributed by atoms with Gasteiger partial charge in [-0.3, -0.25) is 4.79 Å². The van der Waals surface area contributed by atoms with Crippen LogP contribution in [0, 0.1) is 0 Å². The van der Waals surface area contributed by atoms with Crippen molar-refractivity contribution in [3.63, 3.8) is 0 Å². The average Bonchev–Trinajstić information content (AvgIpc) is 2.86. The number of amides is 1. The number of halogens is 3. The van der Waals surface area contributed by atoms with Gasteiger partial charge in [0.15, 0.2) is 11.5 Å². The third kappa shape index (κ3) is 2.95. The topological polar surface area (TPSA) is 47.6 Å². The second-order valence-electron chi connectivity index (χ2n) is 4.26. The molecule has 1 heterocycles. The molecule has 7 heteroatoms. The first-order valence-corrected chi connectivity index (χ1v) is 7.45. The molecule has 1 amide bonds. The van der Waals surface area contributed by atoms with Crippen LogP contribution in [-0.2, 0) is 0 Å². The summed E-state index contributed by atoms with van der Waals surface area (Å²) < 4.78 is 11.1. The molecule has 4 nitrogen and oxygen atoms in total. The first-order chi connectivity index (χ1) is 10.0. The third-order valence-electron chi connectivity index (χ3n) is 2.89. The van der Waals surface area contributed by atoms with Crippen molar-refractivity contribution in [2.75, 3.05) is 12.1 Å². The molecule has 108 valence electrons. The molecule has 0 bridgehead atoms. The maximum absolute atomic E-state index is 12.3. The van der Waals surface area contributed by atoms with E-state index in [4.69, 9.17) is 32.7 Å². The van der Waals surface area contributed by atoms with E-state index in [1.54, 1.807) is 30.3 Å². The molecule has 0 aromatic heterocycles. The van der Waals surface area contributed by atoms with Crippen LogP contribution >= 0.6 is 39.1 Å². The number of hydrogen-bond acceptors (Lipinski definition) is 3. The fraction of sp³-hybridized carbons (Fsp3) is 0.0714. The highest BCUT2D eigenvalue weighted by Crippen LogP contribution is 2.39. The van der Waals surface area contributed by atoms with Crippen molar-refractivity contribution in [2.24, 2.45) is 0 Å². The van der Waals surface area contributed by atoms with E-state index < -0.39 is 0 Å². The SMILES string of the molecule is O=C(Nc1cc2c(cc1Cl)OCO2)c1ccc(Cl)cc1Br. The van der Waals surface area contributed by atoms with E-state index in [1.807, 2.05) is 0 Å². The number of nitrogens with one attached hydrogen (secondary N) is 1. The molecule has 2 aromatic carbocycles. The van der Waals surface area contributed by atoms with Crippen molar-refractivity contribution in [2.45, 2.75) is 0 Å². The zero-order valence-corrected chi connectivity index (χ0v) is 13.6. The summed E-state index contributed by atoms with van der Waals surface area (Å²) in [5, 5.41) is 3.65. The second-order valence-corrected chi connectivity index (χ2v) is 5.96. The average molecular weight is 389 g/mol. The number of rotatable bonds is 2. The van der Waals surface area contributed by atoms with Crippen molar-refractivity contribution in [1.29, 1.82) is 0 Å². The van der Waals surface area contributed by atoms with Gasteiger partial charge in [0.25, 0.3) is 5.91 Å². The molecule has 0 spiro atoms. The second kappa shape index (κ2) is 5.75. The summed E-state index contributed by atoms with van der Waals surface area (Å²) in [5.41, 5.74) is 0.904. The van der Waals surface area contributed by atoms with Crippen LogP contribution in [0.5, 0.6) is 11.5 Å². The standard InChI is InChI=1S/C14H8BrCl2NO3/c15-9-3-7(16)1-2-8(9)14(19)18-11-5-13-12(4-10(11)17)20-6-21-13/h1-5H,6H2,(H,18,19). The van der Waals surface area contributed by atoms with Gasteiger partial charge < -0.3 is 14.8 Å². The molecule has 1 N–H and O–H groups in total. The van der Waals surface area contributed by atoms with Crippen LogP contribution in [0.2, 0.25) is 10.0 Å². The molecule has 0 aliphatic carbocycles. The number of anilines is 1. The van der Waals surface area contributed by atoms with Gasteiger partial charge in [-0.15, -0.1) is 0 Å². The van der Waals surface area contributed by atoms with Crippen molar-refractivity contribution < 1.29 is 14.3 Å². The Morgan fingerprint density at radius 3 is 2.57 bits per heavy atom. The van der Waals surface area contributed by atoms with Gasteiger partial charge in [-0.25, -0.2) is 0 Å². The Labute approximate surface area is 139 Å². The van der Waals surface area contributed by atoms with Gasteiger partial charge in [0.2, 0.25) is 6.79 Å². The Bertz CT molecular complexity index is 736. The van der Waals surface area contributed by atoms with Gasteiger partial charge in [0.1, 0.15) is 0 Å². The Balaban J connectivity index is 1.88. The van der Waals surface area contributed by atoms with Crippen LogP contribution < -0.4 is 14.8 Å². The van der Waals surface area contributed by atoms with Gasteiger partial charge in [-0.05, 0) is 34.1 Å². The van der Waals surface area contributed by atoms with E-state index in [1.165, 1.54) is 0 Å². The summed E-state index contributed by atoms with van der Waals surface area (Å²) in [7, 11) is 0. The maximum Gasteiger partial charge on any atom is 0.256 e. The molecule has 3 rings (SSSR count). The largest absolute Gasteiger partial charge is 0.454 e. The highest BCUT2D eigenvalue weighted by Gasteiger charge is 2.18. The third-order valence-corrected chi connectivity index (χ3v) is 4.09. The molecule has 0 atom stereocenters. The Hall–Kier alpha value is -1.43. The molecular weight excluding hydrogens is 381 g/mol. The van der Waals surface area contributed by atoms with Crippen LogP contribution in [0.15, 0.2) is 34.8 Å². The summed E-state index contributed by atoms with van der Waals surface area (Å²) >= 11 is 15.3. The molecule has 1 aliphatic heterocycles. The molecule has 0 saturated heterocycles. The molecule has 0 saturated carbocycles. The van der Waals surface area contributed by atoms with Crippen LogP contribution in [-0.4, -0.2) is 12.7 Å². The number of hydrogen-bond donors (Lipinski definition) is 1. The fourth-order valence-electron chi connectivity index (χ4n) is 1.88. The summed E-state index contributed by atoms with van der Waals surface area (Å²) in [6.45, 7) is 0.145. The lowest BCUT2D eigenvalue weighted by molar-refractivity contribution is 0.102. The van der Waals surface area contributed by atoms with Crippen LogP contribution in [0.1, 0.15) is 10.4 Å². The minimum absolute atomic E-state index is 0.145. The van der Waals surface area contributed by atoms with Crippen molar-refractivity contribution in [3.05, 3.63) is 50.4 Å². The van der Waals surface area contributed by atoms with Gasteiger partial charge in [0.05, 0.1) is 16.3 Å². The van der Waals surface area contributed by atoms with E-state index in [9.17, 15) is 4.79 Å². The summed E-state index contributed by atoms with van der Waals surface area (Å²) in [4.78, 5) is 12.3. The summed E-state index contributed by atoms with van der Waals surface area (Å²) in [5.74, 6) is 0.801. The zero-order chi connectivity index (χ0) is 15.0. The molecule has 0 unspecified atom stereocenters. The number of carbonyl (C=O) groups excluding carboxylic acids is 1. The molecule has 0 fully saturated rings. The highest BCUT2D eigenvalue weighted by molar-refractivity contribution is 9.10. The molecule has 0 radical (unpaired) electrons. The van der Waals surface area contributed by atoms with E-state index in [0.29, 0.717) is 37.3 Å². The lowest BCUT2D eigenvalue weighted by Crippen LogP contribution is -2.12. The Morgan fingerprint density at radius 1 is 1.14 bits per heavy atom. The van der Waals surface area contributed by atoms with Crippen molar-refractivity contribution >= 4 is 50.7 Å². The normalized spacial score (nSPS) is 12.3. The Morgan fingerprint density at radius 2 is 1.86 bits per heavy atom. The fourth-order valence-corrected chi connectivity index (χ4v) is 2.94. The molecular formula is C14H8BrCl2NO3. The number of fused-ring (bicyclic) bond motifs is 1. The quantitative estimate of drug-likeness (QED) is 0.808. The predicted octanol–water partition coefficient (Wildman–Crippen LogP) is 4.74. The smallest absolute Gasteiger partial charge is 0.256 e. The summed E-state index contributed by atoms with van der Waals surface area (Å²) in [6, 6.07) is 8.16. The van der Waals surface area contributed by atoms with Gasteiger partial charge >= 0.3 is 0 Å². The number of benzene rings is 2. The molecule has 21 heavy (non-hydrogen) atoms. The van der Waals surface area contributed by atoms with Gasteiger partial charge in [-0.1, -0.05) is 23.2 Å². The Kier molecular flexibility index (Phi) is 3.97. The lowest BCUT2D eigenvalue weighted by Gasteiger charge is -2.09. The zero-order valence-electron chi connectivity index (χ0n) is 10.5. The maximum atomic E-state index is 12.3. The van der Waals surface area contributed by atoms with Gasteiger partial charge in [-0.2, -0.15) is 0 Å². The monoisotopic (exact) mass is 387 g/mol. The molecule has 1 aliphatic rings. The van der Waals surface area contributed by atoms with Gasteiger partial charge in [0, 0.05) is 21.6 Å². The summed E-state index contributed by atoms with van der Waals surface area (Å²) in [6.07, 6.45) is 0. The number of ether oxygens (including phenoxy) is 2. The van der Waals surface area contributed by atoms with Crippen molar-refractivity contribution in [1.82, 2.24) is 0 Å². The molecule has 2 aromatic rings. The number of carbonyl (C=O) groups is 1. The predicted molar refractivity (Wildman–Crippen MR) is 84.7 cm³/mol. The van der Waals surface area contributed by atoms with E-state index in [0.717, 1.165) is 0 Å². The minimum atomic E-state index is -0.306. The lowest BCUT2D eigenvalue weighted by atomic mass is 10.2. The van der Waals surface area contributed by atoms with Crippen LogP contribution in [0.3, 0.4) is 0 Å². The highest BCUT2D eigenvalue weighted by atomic mass is 79.9. The van der Waals surface area contributed by atoms with E-state index in [2.05, 4.69) is 21.2 Å². The van der Waals surface area contributed by atoms with Crippen LogP contribution in [0.25, 0.3) is 0 Å². The minimum Gasteiger partial charge on any atom is -0.454 e. The van der Waals surface area contributed by atoms with Crippen molar-refractivity contribution in [3.8, 4) is 11.5 Å². The van der Waals surface area contributed by atoms with E-state index in [-0.39, 0.29) is 12.7 Å². The van der Waals surface area contributed by atoms with Crippen LogP contribution in [0.4, 0.5) is 5.69 Å². The first-order valence-electron chi connectivity index (χ1n) is 5.90. The van der Waals surface area contributed by atoms with E-state index >= 15 is 0 Å².